The van der Waals surface area contributed by atoms with Gasteiger partial charge in [-0.25, -0.2) is 0 Å². The van der Waals surface area contributed by atoms with Crippen molar-refractivity contribution in [1.29, 1.82) is 0 Å². The highest BCUT2D eigenvalue weighted by molar-refractivity contribution is 6.32. The van der Waals surface area contributed by atoms with Crippen LogP contribution in [-0.2, 0) is 0 Å². The van der Waals surface area contributed by atoms with Gasteiger partial charge in [0.1, 0.15) is 5.56 Å². The highest BCUT2D eigenvalue weighted by atomic mass is 35.5. The van der Waals surface area contributed by atoms with Crippen LogP contribution in [0.1, 0.15) is 40.9 Å². The minimum absolute atomic E-state index is 0. The molecule has 1 aromatic rings. The van der Waals surface area contributed by atoms with E-state index in [1.807, 2.05) is 0 Å². The van der Waals surface area contributed by atoms with Gasteiger partial charge in [-0.1, -0.05) is 11.6 Å². The van der Waals surface area contributed by atoms with E-state index in [1.54, 1.807) is 13.8 Å². The lowest BCUT2D eigenvalue weighted by Crippen LogP contribution is -2.37. The Kier molecular flexibility index (Phi) is 5.62. The Morgan fingerprint density at radius 1 is 1.40 bits per heavy atom. The molecule has 1 aliphatic carbocycles. The molecule has 1 heterocycles. The van der Waals surface area contributed by atoms with E-state index in [1.165, 1.54) is 0 Å². The van der Waals surface area contributed by atoms with Gasteiger partial charge in [0.05, 0.1) is 5.02 Å². The second-order valence-corrected chi connectivity index (χ2v) is 5.51. The molecule has 0 unspecified atom stereocenters. The molecule has 1 saturated carbocycles. The zero-order valence-electron chi connectivity index (χ0n) is 11.5. The van der Waals surface area contributed by atoms with Crippen molar-refractivity contribution in [3.05, 3.63) is 32.2 Å². The monoisotopic (exact) mass is 319 g/mol. The Labute approximate surface area is 128 Å². The van der Waals surface area contributed by atoms with Crippen molar-refractivity contribution >= 4 is 29.9 Å². The first-order valence-corrected chi connectivity index (χ1v) is 6.73. The van der Waals surface area contributed by atoms with Crippen LogP contribution in [0.3, 0.4) is 0 Å². The molecular weight excluding hydrogens is 301 g/mol. The number of hydrogen-bond acceptors (Lipinski definition) is 3. The van der Waals surface area contributed by atoms with Crippen molar-refractivity contribution in [2.45, 2.75) is 45.2 Å². The molecule has 112 valence electrons. The molecule has 5 nitrogen and oxygen atoms in total. The smallest absolute Gasteiger partial charge is 0.261 e. The van der Waals surface area contributed by atoms with Crippen LogP contribution < -0.4 is 16.6 Å². The average molecular weight is 320 g/mol. The Balaban J connectivity index is 0.00000200. The van der Waals surface area contributed by atoms with Gasteiger partial charge in [-0.2, -0.15) is 0 Å². The molecule has 0 radical (unpaired) electrons. The van der Waals surface area contributed by atoms with Gasteiger partial charge in [-0.15, -0.1) is 12.4 Å². The van der Waals surface area contributed by atoms with Crippen LogP contribution in [0.5, 0.6) is 0 Å². The van der Waals surface area contributed by atoms with Gasteiger partial charge >= 0.3 is 0 Å². The summed E-state index contributed by atoms with van der Waals surface area (Å²) in [7, 11) is 0. The van der Waals surface area contributed by atoms with E-state index in [2.05, 4.69) is 10.3 Å². The number of rotatable bonds is 2. The summed E-state index contributed by atoms with van der Waals surface area (Å²) in [5, 5.41) is 3.28. The Morgan fingerprint density at radius 2 is 2.05 bits per heavy atom. The summed E-state index contributed by atoms with van der Waals surface area (Å²) < 4.78 is 0. The van der Waals surface area contributed by atoms with Gasteiger partial charge in [-0.3, -0.25) is 9.59 Å². The molecule has 2 rings (SSSR count). The molecule has 1 fully saturated rings. The number of aromatic nitrogens is 1. The fraction of sp³-hybridized carbons (Fsp3) is 0.538. The summed E-state index contributed by atoms with van der Waals surface area (Å²) >= 11 is 6.07. The van der Waals surface area contributed by atoms with E-state index >= 15 is 0 Å². The number of H-pyrrole nitrogens is 1. The number of amides is 1. The lowest BCUT2D eigenvalue weighted by atomic mass is 10.1. The molecule has 0 aromatic carbocycles. The van der Waals surface area contributed by atoms with Crippen LogP contribution in [-0.4, -0.2) is 23.0 Å². The first-order valence-electron chi connectivity index (χ1n) is 6.35. The first kappa shape index (κ1) is 17.0. The van der Waals surface area contributed by atoms with Crippen molar-refractivity contribution in [2.24, 2.45) is 5.73 Å². The van der Waals surface area contributed by atoms with Gasteiger partial charge < -0.3 is 16.0 Å². The quantitative estimate of drug-likeness (QED) is 0.774. The number of pyridine rings is 1. The highest BCUT2D eigenvalue weighted by Crippen LogP contribution is 2.21. The third-order valence-electron chi connectivity index (χ3n) is 3.60. The fourth-order valence-electron chi connectivity index (χ4n) is 2.53. The predicted octanol–water partition coefficient (Wildman–Crippen LogP) is 1.68. The Morgan fingerprint density at radius 3 is 2.60 bits per heavy atom. The van der Waals surface area contributed by atoms with Crippen LogP contribution in [0, 0.1) is 13.8 Å². The summed E-state index contributed by atoms with van der Waals surface area (Å²) in [5.41, 5.74) is 6.58. The molecule has 20 heavy (non-hydrogen) atoms. The van der Waals surface area contributed by atoms with Crippen molar-refractivity contribution < 1.29 is 4.79 Å². The minimum atomic E-state index is -0.404. The molecule has 1 aliphatic rings. The Hall–Kier alpha value is -1.04. The average Bonchev–Trinajstić information content (AvgIpc) is 2.72. The summed E-state index contributed by atoms with van der Waals surface area (Å²) in [5.74, 6) is -0.375. The third-order valence-corrected chi connectivity index (χ3v) is 4.16. The zero-order valence-corrected chi connectivity index (χ0v) is 13.0. The lowest BCUT2D eigenvalue weighted by molar-refractivity contribution is 0.0935. The number of nitrogens with one attached hydrogen (secondary N) is 2. The lowest BCUT2D eigenvalue weighted by Gasteiger charge is -2.14. The van der Waals surface area contributed by atoms with Gasteiger partial charge in [0.15, 0.2) is 0 Å². The predicted molar refractivity (Wildman–Crippen MR) is 81.9 cm³/mol. The molecule has 4 N–H and O–H groups in total. The number of aryl methyl sites for hydroxylation is 1. The van der Waals surface area contributed by atoms with E-state index in [0.717, 1.165) is 19.3 Å². The van der Waals surface area contributed by atoms with Crippen molar-refractivity contribution in [1.82, 2.24) is 10.3 Å². The number of nitrogens with two attached hydrogens (primary N) is 1. The number of hydrogen-bond donors (Lipinski definition) is 3. The summed E-state index contributed by atoms with van der Waals surface area (Å²) in [6.07, 6.45) is 2.50. The number of halogens is 2. The van der Waals surface area contributed by atoms with Crippen LogP contribution in [0.15, 0.2) is 4.79 Å². The molecule has 1 amide bonds. The SMILES string of the molecule is Cc1[nH]c(=O)c(C(=O)N[C@@H]2CC[C@@H](N)C2)c(C)c1Cl.Cl. The van der Waals surface area contributed by atoms with E-state index in [9.17, 15) is 9.59 Å². The van der Waals surface area contributed by atoms with E-state index in [4.69, 9.17) is 17.3 Å². The van der Waals surface area contributed by atoms with Crippen LogP contribution >= 0.6 is 24.0 Å². The van der Waals surface area contributed by atoms with Gasteiger partial charge in [0, 0.05) is 17.8 Å². The molecule has 7 heteroatoms. The third kappa shape index (κ3) is 3.34. The highest BCUT2D eigenvalue weighted by Gasteiger charge is 2.25. The van der Waals surface area contributed by atoms with Crippen molar-refractivity contribution in [3.8, 4) is 0 Å². The zero-order chi connectivity index (χ0) is 14.2. The second-order valence-electron chi connectivity index (χ2n) is 5.14. The molecule has 2 atom stereocenters. The second kappa shape index (κ2) is 6.61. The van der Waals surface area contributed by atoms with Gasteiger partial charge in [0.2, 0.25) is 0 Å². The Bertz CT molecular complexity index is 571. The number of aromatic amines is 1. The van der Waals surface area contributed by atoms with Crippen molar-refractivity contribution in [3.63, 3.8) is 0 Å². The van der Waals surface area contributed by atoms with Gasteiger partial charge in [0.25, 0.3) is 11.5 Å². The standard InChI is InChI=1S/C13H18ClN3O2.ClH/c1-6-10(12(18)16-7(2)11(6)14)13(19)17-9-4-3-8(15)5-9;/h8-9H,3-5,15H2,1-2H3,(H,16,18)(H,17,19);1H/t8-,9-;/m1./s1. The number of carbonyl (C=O) groups excluding carboxylic acids is 1. The molecule has 0 bridgehead atoms. The maximum absolute atomic E-state index is 12.2. The normalized spacial score (nSPS) is 21.4. The fourth-order valence-corrected chi connectivity index (χ4v) is 2.67. The largest absolute Gasteiger partial charge is 0.349 e. The van der Waals surface area contributed by atoms with E-state index < -0.39 is 5.56 Å². The molecular formula is C13H19Cl2N3O2. The minimum Gasteiger partial charge on any atom is -0.349 e. The number of carbonyl (C=O) groups is 1. The summed E-state index contributed by atoms with van der Waals surface area (Å²) in [6, 6.07) is 0.174. The molecule has 0 spiro atoms. The first-order chi connectivity index (χ1) is 8.90. The van der Waals surface area contributed by atoms with Crippen LogP contribution in [0.25, 0.3) is 0 Å². The molecule has 0 aliphatic heterocycles. The van der Waals surface area contributed by atoms with Crippen molar-refractivity contribution in [2.75, 3.05) is 0 Å². The topological polar surface area (TPSA) is 88.0 Å². The molecule has 1 aromatic heterocycles. The van der Waals surface area contributed by atoms with E-state index in [-0.39, 0.29) is 36.0 Å². The van der Waals surface area contributed by atoms with Crippen LogP contribution in [0.2, 0.25) is 5.02 Å². The maximum atomic E-state index is 12.2. The maximum Gasteiger partial charge on any atom is 0.261 e. The van der Waals surface area contributed by atoms with E-state index in [0.29, 0.717) is 16.3 Å². The summed E-state index contributed by atoms with van der Waals surface area (Å²) in [6.45, 7) is 3.38. The van der Waals surface area contributed by atoms with Crippen LogP contribution in [0.4, 0.5) is 0 Å². The van der Waals surface area contributed by atoms with Gasteiger partial charge in [-0.05, 0) is 38.7 Å². The molecule has 0 saturated heterocycles. The summed E-state index contributed by atoms with van der Waals surface area (Å²) in [4.78, 5) is 26.7.